The van der Waals surface area contributed by atoms with Crippen LogP contribution in [0.1, 0.15) is 6.92 Å². The minimum atomic E-state index is 0.195. The molecule has 0 aliphatic heterocycles. The molecule has 4 N–H and O–H groups in total. The van der Waals surface area contributed by atoms with Crippen molar-refractivity contribution < 1.29 is 4.74 Å². The molecule has 0 atom stereocenters. The molecule has 1 aromatic rings. The van der Waals surface area contributed by atoms with Gasteiger partial charge in [0.25, 0.3) is 0 Å². The lowest BCUT2D eigenvalue weighted by Crippen LogP contribution is -2.28. The van der Waals surface area contributed by atoms with Gasteiger partial charge in [0.05, 0.1) is 6.61 Å². The van der Waals surface area contributed by atoms with Crippen LogP contribution in [0, 0.1) is 0 Å². The minimum absolute atomic E-state index is 0.195. The molecule has 0 aliphatic rings. The van der Waals surface area contributed by atoms with E-state index in [2.05, 4.69) is 9.97 Å². The van der Waals surface area contributed by atoms with Gasteiger partial charge in [-0.15, -0.1) is 0 Å². The first-order valence-electron chi connectivity index (χ1n) is 4.81. The van der Waals surface area contributed by atoms with Crippen molar-refractivity contribution in [2.45, 2.75) is 6.92 Å². The molecule has 1 heterocycles. The number of nitrogens with two attached hydrogens (primary N) is 2. The molecule has 0 fully saturated rings. The van der Waals surface area contributed by atoms with Crippen LogP contribution >= 0.6 is 0 Å². The molecule has 15 heavy (non-hydrogen) atoms. The van der Waals surface area contributed by atoms with Gasteiger partial charge in [-0.1, -0.05) is 0 Å². The summed E-state index contributed by atoms with van der Waals surface area (Å²) < 4.78 is 5.01. The van der Waals surface area contributed by atoms with Crippen LogP contribution in [0.5, 0.6) is 0 Å². The van der Waals surface area contributed by atoms with Gasteiger partial charge in [0.15, 0.2) is 0 Å². The predicted octanol–water partition coefficient (Wildman–Crippen LogP) is 0.114. The second-order valence-electron chi connectivity index (χ2n) is 3.08. The monoisotopic (exact) mass is 211 g/mol. The number of hydrogen-bond donors (Lipinski definition) is 2. The molecule has 0 amide bonds. The summed E-state index contributed by atoms with van der Waals surface area (Å²) in [7, 11) is 1.66. The maximum Gasteiger partial charge on any atom is 0.223 e. The number of aromatic nitrogens is 2. The van der Waals surface area contributed by atoms with Crippen molar-refractivity contribution in [2.75, 3.05) is 43.2 Å². The van der Waals surface area contributed by atoms with E-state index in [1.807, 2.05) is 11.8 Å². The van der Waals surface area contributed by atoms with Crippen LogP contribution in [0.25, 0.3) is 0 Å². The van der Waals surface area contributed by atoms with E-state index in [1.54, 1.807) is 13.2 Å². The lowest BCUT2D eigenvalue weighted by atomic mass is 10.4. The van der Waals surface area contributed by atoms with Crippen LogP contribution in [-0.4, -0.2) is 36.8 Å². The Hall–Kier alpha value is -1.56. The lowest BCUT2D eigenvalue weighted by molar-refractivity contribution is 0.205. The summed E-state index contributed by atoms with van der Waals surface area (Å²) >= 11 is 0. The van der Waals surface area contributed by atoms with Crippen molar-refractivity contribution >= 4 is 17.6 Å². The zero-order valence-corrected chi connectivity index (χ0v) is 9.10. The van der Waals surface area contributed by atoms with Gasteiger partial charge in [-0.25, -0.2) is 0 Å². The fourth-order valence-corrected chi connectivity index (χ4v) is 1.27. The van der Waals surface area contributed by atoms with Gasteiger partial charge < -0.3 is 21.1 Å². The topological polar surface area (TPSA) is 90.3 Å². The van der Waals surface area contributed by atoms with Crippen LogP contribution in [0.3, 0.4) is 0 Å². The summed E-state index contributed by atoms with van der Waals surface area (Å²) in [4.78, 5) is 9.96. The largest absolute Gasteiger partial charge is 0.383 e. The minimum Gasteiger partial charge on any atom is -0.383 e. The van der Waals surface area contributed by atoms with Crippen LogP contribution in [0.2, 0.25) is 0 Å². The molecule has 0 unspecified atom stereocenters. The van der Waals surface area contributed by atoms with E-state index in [4.69, 9.17) is 16.2 Å². The summed E-state index contributed by atoms with van der Waals surface area (Å²) in [5.74, 6) is 1.31. The number of ether oxygens (including phenoxy) is 1. The Morgan fingerprint density at radius 1 is 1.40 bits per heavy atom. The Morgan fingerprint density at radius 2 is 2.13 bits per heavy atom. The molecule has 6 nitrogen and oxygen atoms in total. The van der Waals surface area contributed by atoms with Gasteiger partial charge in [0, 0.05) is 26.3 Å². The van der Waals surface area contributed by atoms with Crippen molar-refractivity contribution in [1.82, 2.24) is 9.97 Å². The zero-order valence-electron chi connectivity index (χ0n) is 9.10. The summed E-state index contributed by atoms with van der Waals surface area (Å²) in [5, 5.41) is 0. The normalized spacial score (nSPS) is 10.3. The number of methoxy groups -OCH3 is 1. The van der Waals surface area contributed by atoms with E-state index >= 15 is 0 Å². The van der Waals surface area contributed by atoms with E-state index in [9.17, 15) is 0 Å². The van der Waals surface area contributed by atoms with E-state index in [1.165, 1.54) is 0 Å². The Morgan fingerprint density at radius 3 is 2.67 bits per heavy atom. The smallest absolute Gasteiger partial charge is 0.223 e. The summed E-state index contributed by atoms with van der Waals surface area (Å²) in [6.07, 6.45) is 0. The third-order valence-corrected chi connectivity index (χ3v) is 2.02. The third kappa shape index (κ3) is 3.25. The molecule has 1 rings (SSSR count). The van der Waals surface area contributed by atoms with Crippen molar-refractivity contribution in [2.24, 2.45) is 0 Å². The first-order chi connectivity index (χ1) is 7.17. The average Bonchev–Trinajstić information content (AvgIpc) is 2.17. The molecule has 84 valence electrons. The lowest BCUT2D eigenvalue weighted by Gasteiger charge is -2.21. The van der Waals surface area contributed by atoms with Gasteiger partial charge in [0.1, 0.15) is 11.6 Å². The number of rotatable bonds is 5. The molecule has 0 aliphatic carbocycles. The molecule has 0 saturated heterocycles. The third-order valence-electron chi connectivity index (χ3n) is 2.02. The number of likely N-dealkylation sites (N-methyl/N-ethyl adjacent to an activating group) is 1. The number of anilines is 3. The quantitative estimate of drug-likeness (QED) is 0.718. The van der Waals surface area contributed by atoms with Gasteiger partial charge in [0.2, 0.25) is 5.95 Å². The summed E-state index contributed by atoms with van der Waals surface area (Å²) in [6.45, 7) is 4.24. The highest BCUT2D eigenvalue weighted by Gasteiger charge is 2.07. The van der Waals surface area contributed by atoms with Crippen LogP contribution < -0.4 is 16.4 Å². The maximum atomic E-state index is 5.59. The molecule has 6 heteroatoms. The van der Waals surface area contributed by atoms with E-state index in [0.29, 0.717) is 12.4 Å². The van der Waals surface area contributed by atoms with Gasteiger partial charge >= 0.3 is 0 Å². The zero-order chi connectivity index (χ0) is 11.3. The van der Waals surface area contributed by atoms with Crippen molar-refractivity contribution in [1.29, 1.82) is 0 Å². The molecule has 0 spiro atoms. The number of hydrogen-bond acceptors (Lipinski definition) is 6. The van der Waals surface area contributed by atoms with Crippen molar-refractivity contribution in [3.05, 3.63) is 6.07 Å². The van der Waals surface area contributed by atoms with Gasteiger partial charge in [-0.2, -0.15) is 9.97 Å². The molecule has 0 saturated carbocycles. The van der Waals surface area contributed by atoms with E-state index in [-0.39, 0.29) is 5.95 Å². The Kier molecular flexibility index (Phi) is 4.11. The molecule has 0 aromatic carbocycles. The first kappa shape index (κ1) is 11.5. The van der Waals surface area contributed by atoms with Crippen LogP contribution in [-0.2, 0) is 4.74 Å². The Labute approximate surface area is 89.2 Å². The first-order valence-corrected chi connectivity index (χ1v) is 4.81. The van der Waals surface area contributed by atoms with E-state index in [0.717, 1.165) is 18.9 Å². The Balaban J connectivity index is 2.81. The number of nitrogens with zero attached hydrogens (tertiary/aromatic N) is 3. The Bertz CT molecular complexity index is 297. The van der Waals surface area contributed by atoms with Crippen molar-refractivity contribution in [3.8, 4) is 0 Å². The highest BCUT2D eigenvalue weighted by atomic mass is 16.5. The second kappa shape index (κ2) is 5.35. The molecular formula is C9H17N5O. The highest BCUT2D eigenvalue weighted by molar-refractivity contribution is 5.50. The molecule has 1 aromatic heterocycles. The summed E-state index contributed by atoms with van der Waals surface area (Å²) in [5.41, 5.74) is 11.1. The average molecular weight is 211 g/mol. The number of nitrogen functional groups attached to an aromatic ring is 2. The second-order valence-corrected chi connectivity index (χ2v) is 3.08. The summed E-state index contributed by atoms with van der Waals surface area (Å²) in [6, 6.07) is 1.70. The fraction of sp³-hybridized carbons (Fsp3) is 0.556. The highest BCUT2D eigenvalue weighted by Crippen LogP contribution is 2.14. The van der Waals surface area contributed by atoms with Gasteiger partial charge in [-0.3, -0.25) is 0 Å². The maximum absolute atomic E-state index is 5.59. The standard InChI is InChI=1S/C9H17N5O/c1-3-14(4-5-15-2)8-6-7(10)12-9(11)13-8/h6H,3-5H2,1-2H3,(H4,10,11,12,13). The van der Waals surface area contributed by atoms with Crippen LogP contribution in [0.15, 0.2) is 6.07 Å². The molecule has 0 bridgehead atoms. The van der Waals surface area contributed by atoms with E-state index < -0.39 is 0 Å². The fourth-order valence-electron chi connectivity index (χ4n) is 1.27. The molecule has 0 radical (unpaired) electrons. The predicted molar refractivity (Wildman–Crippen MR) is 60.6 cm³/mol. The molecular weight excluding hydrogens is 194 g/mol. The van der Waals surface area contributed by atoms with Crippen LogP contribution in [0.4, 0.5) is 17.6 Å². The van der Waals surface area contributed by atoms with Gasteiger partial charge in [-0.05, 0) is 6.92 Å². The van der Waals surface area contributed by atoms with Crippen molar-refractivity contribution in [3.63, 3.8) is 0 Å². The SMILES string of the molecule is CCN(CCOC)c1cc(N)nc(N)n1.